The van der Waals surface area contributed by atoms with E-state index in [1.54, 1.807) is 12.1 Å². The molecule has 1 aromatic heterocycles. The monoisotopic (exact) mass is 565 g/mol. The van der Waals surface area contributed by atoms with E-state index in [0.29, 0.717) is 0 Å². The van der Waals surface area contributed by atoms with Crippen molar-refractivity contribution in [1.29, 1.82) is 0 Å². The standard InChI is InChI=1S/C26H23ClF3N3O4S/c27-20-7-2-1-6-19(20)24(21(34)9-8-16-11-26(29,30)12-16)33(18-5-3-4-17(28)10-18)23(35)13-32(25(36)37)22-14-38-15-31-22/h1-7,10,14-16,24H,8-9,11-13H2,(H,36,37)/t24-/m0/s1. The summed E-state index contributed by atoms with van der Waals surface area (Å²) in [5.74, 6) is -5.08. The van der Waals surface area contributed by atoms with E-state index >= 15 is 0 Å². The molecule has 0 aliphatic heterocycles. The van der Waals surface area contributed by atoms with Gasteiger partial charge in [-0.25, -0.2) is 22.9 Å². The van der Waals surface area contributed by atoms with Gasteiger partial charge in [-0.2, -0.15) is 0 Å². The number of hydrogen-bond donors (Lipinski definition) is 1. The average Bonchev–Trinajstić information content (AvgIpc) is 3.38. The third-order valence-corrected chi connectivity index (χ3v) is 7.23. The number of benzene rings is 2. The van der Waals surface area contributed by atoms with Gasteiger partial charge in [-0.05, 0) is 36.6 Å². The molecular formula is C26H23ClF3N3O4S. The number of anilines is 2. The second-order valence-corrected chi connectivity index (χ2v) is 10.1. The lowest BCUT2D eigenvalue weighted by atomic mass is 9.77. The van der Waals surface area contributed by atoms with Crippen LogP contribution in [0.15, 0.2) is 59.4 Å². The number of carbonyl (C=O) groups is 3. The van der Waals surface area contributed by atoms with Crippen molar-refractivity contribution in [2.45, 2.75) is 37.6 Å². The number of thiazole rings is 1. The zero-order chi connectivity index (χ0) is 27.4. The predicted molar refractivity (Wildman–Crippen MR) is 137 cm³/mol. The normalized spacial score (nSPS) is 15.4. The Bertz CT molecular complexity index is 1320. The van der Waals surface area contributed by atoms with E-state index in [0.717, 1.165) is 33.3 Å². The first kappa shape index (κ1) is 27.6. The summed E-state index contributed by atoms with van der Waals surface area (Å²) >= 11 is 7.56. The molecular weight excluding hydrogens is 543 g/mol. The van der Waals surface area contributed by atoms with Crippen molar-refractivity contribution in [2.24, 2.45) is 5.92 Å². The van der Waals surface area contributed by atoms with E-state index in [1.807, 2.05) is 0 Å². The average molecular weight is 566 g/mol. The molecule has 200 valence electrons. The van der Waals surface area contributed by atoms with Crippen molar-refractivity contribution in [2.75, 3.05) is 16.3 Å². The molecule has 0 bridgehead atoms. The lowest BCUT2D eigenvalue weighted by Gasteiger charge is -2.36. The fourth-order valence-corrected chi connectivity index (χ4v) is 5.26. The van der Waals surface area contributed by atoms with Crippen LogP contribution in [0.3, 0.4) is 0 Å². The zero-order valence-corrected chi connectivity index (χ0v) is 21.5. The lowest BCUT2D eigenvalue weighted by Crippen LogP contribution is -2.46. The molecule has 0 spiro atoms. The van der Waals surface area contributed by atoms with Gasteiger partial charge in [0, 0.05) is 40.9 Å². The number of alkyl halides is 2. The molecule has 0 unspecified atom stereocenters. The van der Waals surface area contributed by atoms with Crippen LogP contribution in [0, 0.1) is 11.7 Å². The highest BCUT2D eigenvalue weighted by Gasteiger charge is 2.45. The molecule has 38 heavy (non-hydrogen) atoms. The van der Waals surface area contributed by atoms with Gasteiger partial charge in [-0.1, -0.05) is 35.9 Å². The van der Waals surface area contributed by atoms with Gasteiger partial charge in [0.1, 0.15) is 24.2 Å². The Kier molecular flexibility index (Phi) is 8.37. The maximum atomic E-state index is 14.3. The van der Waals surface area contributed by atoms with Gasteiger partial charge in [-0.3, -0.25) is 19.4 Å². The van der Waals surface area contributed by atoms with Crippen molar-refractivity contribution in [3.8, 4) is 0 Å². The van der Waals surface area contributed by atoms with Gasteiger partial charge in [-0.15, -0.1) is 11.3 Å². The Labute approximate surface area is 225 Å². The number of aromatic nitrogens is 1. The molecule has 1 aliphatic rings. The zero-order valence-electron chi connectivity index (χ0n) is 19.9. The summed E-state index contributed by atoms with van der Waals surface area (Å²) in [4.78, 5) is 45.1. The topological polar surface area (TPSA) is 90.8 Å². The van der Waals surface area contributed by atoms with Gasteiger partial charge in [0.2, 0.25) is 11.8 Å². The quantitative estimate of drug-likeness (QED) is 0.299. The first-order valence-electron chi connectivity index (χ1n) is 11.7. The summed E-state index contributed by atoms with van der Waals surface area (Å²) in [7, 11) is 0. The third kappa shape index (κ3) is 6.33. The first-order chi connectivity index (χ1) is 18.1. The highest BCUT2D eigenvalue weighted by molar-refractivity contribution is 7.07. The highest BCUT2D eigenvalue weighted by Crippen LogP contribution is 2.45. The number of halogens is 4. The molecule has 2 amide bonds. The van der Waals surface area contributed by atoms with Crippen LogP contribution in [0.1, 0.15) is 37.3 Å². The van der Waals surface area contributed by atoms with Crippen LogP contribution in [0.5, 0.6) is 0 Å². The van der Waals surface area contributed by atoms with Crippen molar-refractivity contribution in [3.05, 3.63) is 75.8 Å². The molecule has 1 heterocycles. The van der Waals surface area contributed by atoms with Gasteiger partial charge < -0.3 is 5.11 Å². The van der Waals surface area contributed by atoms with Gasteiger partial charge >= 0.3 is 6.09 Å². The minimum Gasteiger partial charge on any atom is -0.465 e. The summed E-state index contributed by atoms with van der Waals surface area (Å²) in [6, 6.07) is 9.93. The molecule has 1 atom stereocenters. The SMILES string of the molecule is O=C(CCC1CC(F)(F)C1)[C@H](c1ccccc1Cl)N(C(=O)CN(C(=O)O)c1cscn1)c1cccc(F)c1. The van der Waals surface area contributed by atoms with E-state index in [-0.39, 0.29) is 53.7 Å². The Morgan fingerprint density at radius 3 is 2.50 bits per heavy atom. The van der Waals surface area contributed by atoms with Crippen molar-refractivity contribution >= 4 is 52.2 Å². The Morgan fingerprint density at radius 1 is 1.16 bits per heavy atom. The van der Waals surface area contributed by atoms with Gasteiger partial charge in [0.05, 0.1) is 5.51 Å². The van der Waals surface area contributed by atoms with Crippen molar-refractivity contribution in [3.63, 3.8) is 0 Å². The molecule has 1 N–H and O–H groups in total. The van der Waals surface area contributed by atoms with Gasteiger partial charge in [0.15, 0.2) is 5.78 Å². The fourth-order valence-electron chi connectivity index (χ4n) is 4.49. The van der Waals surface area contributed by atoms with E-state index in [1.165, 1.54) is 35.2 Å². The molecule has 4 rings (SSSR count). The number of hydrogen-bond acceptors (Lipinski definition) is 5. The Balaban J connectivity index is 1.73. The molecule has 12 heteroatoms. The summed E-state index contributed by atoms with van der Waals surface area (Å²) in [5.41, 5.74) is 1.65. The minimum atomic E-state index is -2.74. The van der Waals surface area contributed by atoms with Crippen LogP contribution in [0.2, 0.25) is 5.02 Å². The summed E-state index contributed by atoms with van der Waals surface area (Å²) in [6.07, 6.45) is -2.03. The molecule has 0 saturated heterocycles. The second kappa shape index (κ2) is 11.5. The Hall–Kier alpha value is -3.44. The van der Waals surface area contributed by atoms with E-state index < -0.39 is 42.1 Å². The maximum Gasteiger partial charge on any atom is 0.413 e. The fraction of sp³-hybridized carbons (Fsp3) is 0.308. The van der Waals surface area contributed by atoms with E-state index in [4.69, 9.17) is 11.6 Å². The first-order valence-corrected chi connectivity index (χ1v) is 13.0. The van der Waals surface area contributed by atoms with E-state index in [2.05, 4.69) is 4.98 Å². The van der Waals surface area contributed by atoms with Crippen LogP contribution >= 0.6 is 22.9 Å². The lowest BCUT2D eigenvalue weighted by molar-refractivity contribution is -0.128. The van der Waals surface area contributed by atoms with Gasteiger partial charge in [0.25, 0.3) is 0 Å². The molecule has 7 nitrogen and oxygen atoms in total. The number of amides is 2. The van der Waals surface area contributed by atoms with Crippen LogP contribution in [-0.2, 0) is 9.59 Å². The third-order valence-electron chi connectivity index (χ3n) is 6.31. The molecule has 0 radical (unpaired) electrons. The molecule has 1 aliphatic carbocycles. The van der Waals surface area contributed by atoms with Crippen LogP contribution in [0.25, 0.3) is 0 Å². The van der Waals surface area contributed by atoms with Crippen LogP contribution in [0.4, 0.5) is 29.5 Å². The molecule has 1 saturated carbocycles. The molecule has 3 aromatic rings. The minimum absolute atomic E-state index is 0.00654. The summed E-state index contributed by atoms with van der Waals surface area (Å²) in [6.45, 7) is -0.724. The predicted octanol–water partition coefficient (Wildman–Crippen LogP) is 6.59. The number of carboxylic acid groups (broad SMARTS) is 1. The van der Waals surface area contributed by atoms with Crippen LogP contribution in [-0.4, -0.2) is 40.3 Å². The van der Waals surface area contributed by atoms with Crippen molar-refractivity contribution < 1.29 is 32.7 Å². The Morgan fingerprint density at radius 2 is 1.89 bits per heavy atom. The maximum absolute atomic E-state index is 14.3. The number of Topliss-reactive ketones (excluding diaryl/α,β-unsaturated/α-hetero) is 1. The number of nitrogens with zero attached hydrogens (tertiary/aromatic N) is 3. The summed E-state index contributed by atoms with van der Waals surface area (Å²) < 4.78 is 41.0. The van der Waals surface area contributed by atoms with Crippen molar-refractivity contribution in [1.82, 2.24) is 4.98 Å². The summed E-state index contributed by atoms with van der Waals surface area (Å²) in [5, 5.41) is 11.3. The van der Waals surface area contributed by atoms with Crippen LogP contribution < -0.4 is 9.80 Å². The molecule has 1 fully saturated rings. The largest absolute Gasteiger partial charge is 0.465 e. The smallest absolute Gasteiger partial charge is 0.413 e. The second-order valence-electron chi connectivity index (χ2n) is 9.02. The molecule has 2 aromatic carbocycles. The number of ketones is 1. The van der Waals surface area contributed by atoms with E-state index in [9.17, 15) is 32.7 Å². The number of rotatable bonds is 10. The number of carbonyl (C=O) groups excluding carboxylic acids is 2. The highest BCUT2D eigenvalue weighted by atomic mass is 35.5.